The minimum absolute atomic E-state index is 1.16. The summed E-state index contributed by atoms with van der Waals surface area (Å²) >= 11 is 2.14. The maximum atomic E-state index is 2.33. The zero-order valence-corrected chi connectivity index (χ0v) is 13.8. The molecule has 0 spiro atoms. The van der Waals surface area contributed by atoms with Gasteiger partial charge in [0.2, 0.25) is 0 Å². The topological polar surface area (TPSA) is 0 Å². The third kappa shape index (κ3) is 6.68. The highest BCUT2D eigenvalue weighted by Crippen LogP contribution is 2.10. The molecule has 0 aliphatic carbocycles. The van der Waals surface area contributed by atoms with E-state index in [4.69, 9.17) is 0 Å². The second-order valence-electron chi connectivity index (χ2n) is 5.60. The molecule has 0 heterocycles. The van der Waals surface area contributed by atoms with Crippen LogP contribution in [0, 0.1) is 0 Å². The Bertz CT molecular complexity index is 180. The number of thioether (sulfide) groups is 1. The highest BCUT2D eigenvalue weighted by atomic mass is 32.2. The lowest BCUT2D eigenvalue weighted by atomic mass is 10.3. The second-order valence-corrected chi connectivity index (χ2v) is 6.83. The summed E-state index contributed by atoms with van der Waals surface area (Å²) in [6, 6.07) is 0. The molecule has 0 saturated carbocycles. The third-order valence-corrected chi connectivity index (χ3v) is 5.36. The van der Waals surface area contributed by atoms with E-state index in [1.54, 1.807) is 0 Å². The van der Waals surface area contributed by atoms with E-state index in [0.717, 1.165) is 4.48 Å². The predicted octanol–water partition coefficient (Wildman–Crippen LogP) is 2.69. The number of hydrogen-bond donors (Lipinski definition) is 0. The molecule has 0 unspecified atom stereocenters. The van der Waals surface area contributed by atoms with Gasteiger partial charge in [-0.2, -0.15) is 11.8 Å². The predicted molar refractivity (Wildman–Crippen MR) is 81.6 cm³/mol. The third-order valence-electron chi connectivity index (χ3n) is 4.42. The van der Waals surface area contributed by atoms with Gasteiger partial charge < -0.3 is 8.97 Å². The van der Waals surface area contributed by atoms with E-state index in [-0.39, 0.29) is 0 Å². The van der Waals surface area contributed by atoms with Crippen LogP contribution in [0.4, 0.5) is 0 Å². The minimum Gasteiger partial charge on any atom is -0.328 e. The molecule has 104 valence electrons. The summed E-state index contributed by atoms with van der Waals surface area (Å²) < 4.78 is 2.45. The highest BCUT2D eigenvalue weighted by molar-refractivity contribution is 7.99. The molecule has 0 fully saturated rings. The van der Waals surface area contributed by atoms with Gasteiger partial charge in [0.05, 0.1) is 53.4 Å². The van der Waals surface area contributed by atoms with Crippen molar-refractivity contribution >= 4 is 11.8 Å². The monoisotopic (exact) mass is 262 g/mol. The van der Waals surface area contributed by atoms with Crippen LogP contribution in [0.3, 0.4) is 0 Å². The lowest BCUT2D eigenvalue weighted by Crippen LogP contribution is -2.49. The number of quaternary nitrogens is 2. The van der Waals surface area contributed by atoms with E-state index in [2.05, 4.69) is 53.6 Å². The van der Waals surface area contributed by atoms with E-state index in [9.17, 15) is 0 Å². The van der Waals surface area contributed by atoms with Crippen LogP contribution in [-0.2, 0) is 0 Å². The van der Waals surface area contributed by atoms with Crippen LogP contribution in [0.2, 0.25) is 0 Å². The van der Waals surface area contributed by atoms with E-state index < -0.39 is 0 Å². The van der Waals surface area contributed by atoms with Gasteiger partial charge in [-0.05, 0) is 27.7 Å². The van der Waals surface area contributed by atoms with Crippen molar-refractivity contribution in [2.75, 3.05) is 64.9 Å². The summed E-state index contributed by atoms with van der Waals surface area (Å²) in [6.07, 6.45) is 0. The summed E-state index contributed by atoms with van der Waals surface area (Å²) in [4.78, 5) is 0. The smallest absolute Gasteiger partial charge is 0.0878 e. The van der Waals surface area contributed by atoms with Crippen LogP contribution in [0.25, 0.3) is 0 Å². The molecule has 0 aromatic carbocycles. The standard InChI is InChI=1S/C14H34N2S/c1-7-15(5,6)11-13-17-14-12-16(8-2,9-3)10-4/h7-14H2,1-6H3/q+2. The Balaban J connectivity index is 3.77. The summed E-state index contributed by atoms with van der Waals surface area (Å²) in [5, 5.41) is 0. The molecule has 0 aliphatic rings. The average Bonchev–Trinajstić information content (AvgIpc) is 2.34. The van der Waals surface area contributed by atoms with Gasteiger partial charge >= 0.3 is 0 Å². The maximum absolute atomic E-state index is 2.33. The molecule has 0 bridgehead atoms. The average molecular weight is 263 g/mol. The van der Waals surface area contributed by atoms with E-state index in [1.807, 2.05) is 0 Å². The van der Waals surface area contributed by atoms with Crippen LogP contribution in [-0.4, -0.2) is 73.8 Å². The lowest BCUT2D eigenvalue weighted by molar-refractivity contribution is -0.920. The summed E-state index contributed by atoms with van der Waals surface area (Å²) in [7, 11) is 4.65. The van der Waals surface area contributed by atoms with Crippen molar-refractivity contribution in [3.05, 3.63) is 0 Å². The molecule has 2 nitrogen and oxygen atoms in total. The molecule has 0 atom stereocenters. The molecule has 0 aliphatic heterocycles. The van der Waals surface area contributed by atoms with Gasteiger partial charge in [-0.1, -0.05) is 0 Å². The molecule has 0 aromatic heterocycles. The molecular weight excluding hydrogens is 228 g/mol. The SMILES string of the molecule is CC[N+](C)(C)CCSCC[N+](CC)(CC)CC. The van der Waals surface area contributed by atoms with Gasteiger partial charge in [0.15, 0.2) is 0 Å². The van der Waals surface area contributed by atoms with Gasteiger partial charge in [0, 0.05) is 11.5 Å². The zero-order valence-electron chi connectivity index (χ0n) is 13.0. The second kappa shape index (κ2) is 8.39. The van der Waals surface area contributed by atoms with Gasteiger partial charge in [0.1, 0.15) is 0 Å². The number of rotatable bonds is 10. The van der Waals surface area contributed by atoms with Crippen LogP contribution in [0.1, 0.15) is 27.7 Å². The molecule has 0 aromatic rings. The lowest BCUT2D eigenvalue weighted by Gasteiger charge is -2.35. The first kappa shape index (κ1) is 17.3. The molecule has 0 radical (unpaired) electrons. The Kier molecular flexibility index (Phi) is 8.52. The molecule has 0 N–H and O–H groups in total. The van der Waals surface area contributed by atoms with Crippen molar-refractivity contribution in [2.24, 2.45) is 0 Å². The van der Waals surface area contributed by atoms with Crippen LogP contribution >= 0.6 is 11.8 Å². The van der Waals surface area contributed by atoms with Gasteiger partial charge in [-0.25, -0.2) is 0 Å². The van der Waals surface area contributed by atoms with Crippen molar-refractivity contribution in [3.8, 4) is 0 Å². The quantitative estimate of drug-likeness (QED) is 0.431. The molecular formula is C14H34N2S+2. The van der Waals surface area contributed by atoms with Crippen molar-refractivity contribution in [1.82, 2.24) is 0 Å². The van der Waals surface area contributed by atoms with Crippen LogP contribution < -0.4 is 0 Å². The van der Waals surface area contributed by atoms with Crippen LogP contribution in [0.5, 0.6) is 0 Å². The first-order valence-corrected chi connectivity index (χ1v) is 8.35. The van der Waals surface area contributed by atoms with Crippen molar-refractivity contribution in [1.29, 1.82) is 0 Å². The molecule has 0 rings (SSSR count). The largest absolute Gasteiger partial charge is 0.328 e. The van der Waals surface area contributed by atoms with E-state index in [1.165, 1.54) is 55.3 Å². The maximum Gasteiger partial charge on any atom is 0.0878 e. The highest BCUT2D eigenvalue weighted by Gasteiger charge is 2.20. The normalized spacial score (nSPS) is 13.1. The molecule has 0 amide bonds. The fourth-order valence-electron chi connectivity index (χ4n) is 1.98. The summed E-state index contributed by atoms with van der Waals surface area (Å²) in [5.74, 6) is 2.62. The molecule has 17 heavy (non-hydrogen) atoms. The Morgan fingerprint density at radius 3 is 1.59 bits per heavy atom. The number of nitrogens with zero attached hydrogens (tertiary/aromatic N) is 2. The van der Waals surface area contributed by atoms with Crippen molar-refractivity contribution in [2.45, 2.75) is 27.7 Å². The summed E-state index contributed by atoms with van der Waals surface area (Å²) in [6.45, 7) is 17.0. The Labute approximate surface area is 114 Å². The minimum atomic E-state index is 1.16. The zero-order chi connectivity index (χ0) is 13.4. The molecule has 0 saturated heterocycles. The van der Waals surface area contributed by atoms with Crippen molar-refractivity contribution < 1.29 is 8.97 Å². The van der Waals surface area contributed by atoms with Gasteiger partial charge in [-0.3, -0.25) is 0 Å². The fraction of sp³-hybridized carbons (Fsp3) is 1.00. The first-order chi connectivity index (χ1) is 7.95. The molecule has 3 heteroatoms. The fourth-order valence-corrected chi connectivity index (χ4v) is 3.32. The summed E-state index contributed by atoms with van der Waals surface area (Å²) in [5.41, 5.74) is 0. The van der Waals surface area contributed by atoms with E-state index >= 15 is 0 Å². The number of hydrogen-bond acceptors (Lipinski definition) is 1. The Morgan fingerprint density at radius 2 is 1.18 bits per heavy atom. The van der Waals surface area contributed by atoms with Crippen LogP contribution in [0.15, 0.2) is 0 Å². The van der Waals surface area contributed by atoms with Gasteiger partial charge in [0.25, 0.3) is 0 Å². The van der Waals surface area contributed by atoms with Gasteiger partial charge in [-0.15, -0.1) is 0 Å². The Hall–Kier alpha value is 0.270. The Morgan fingerprint density at radius 1 is 0.706 bits per heavy atom. The van der Waals surface area contributed by atoms with E-state index in [0.29, 0.717) is 0 Å². The first-order valence-electron chi connectivity index (χ1n) is 7.20. The van der Waals surface area contributed by atoms with Crippen molar-refractivity contribution in [3.63, 3.8) is 0 Å².